The second-order valence-electron chi connectivity index (χ2n) is 5.77. The van der Waals surface area contributed by atoms with E-state index in [1.165, 1.54) is 18.2 Å². The molecular formula is C19H15F3N2O3. The van der Waals surface area contributed by atoms with Gasteiger partial charge in [-0.15, -0.1) is 0 Å². The topological polar surface area (TPSA) is 77.5 Å². The monoisotopic (exact) mass is 376 g/mol. The maximum absolute atomic E-state index is 13.1. The van der Waals surface area contributed by atoms with E-state index in [-0.39, 0.29) is 23.5 Å². The molecule has 0 amide bonds. The van der Waals surface area contributed by atoms with Gasteiger partial charge in [0.1, 0.15) is 12.2 Å². The number of ether oxygens (including phenoxy) is 1. The minimum absolute atomic E-state index is 0.181. The van der Waals surface area contributed by atoms with Gasteiger partial charge in [-0.3, -0.25) is 0 Å². The predicted octanol–water partition coefficient (Wildman–Crippen LogP) is 4.49. The molecule has 0 fully saturated rings. The molecule has 140 valence electrons. The number of rotatable bonds is 5. The normalized spacial score (nSPS) is 11.4. The number of fused-ring (bicyclic) bond motifs is 1. The van der Waals surface area contributed by atoms with Crippen LogP contribution in [0.2, 0.25) is 0 Å². The van der Waals surface area contributed by atoms with E-state index < -0.39 is 17.4 Å². The Morgan fingerprint density at radius 2 is 1.85 bits per heavy atom. The van der Waals surface area contributed by atoms with Crippen LogP contribution in [0.4, 0.5) is 24.5 Å². The fourth-order valence-corrected chi connectivity index (χ4v) is 2.46. The number of benzene rings is 2. The molecule has 3 aromatic rings. The van der Waals surface area contributed by atoms with Crippen LogP contribution in [0.25, 0.3) is 11.0 Å². The summed E-state index contributed by atoms with van der Waals surface area (Å²) in [7, 11) is 0. The fourth-order valence-electron chi connectivity index (χ4n) is 2.46. The standard InChI is InChI=1S/C19H15F3N2O3/c1-11(26-10-12-2-4-13(23)5-3-12)24-14-6-7-15-16(19(20,21)22)9-18(25)27-17(15)8-14/h2-9,24H,1,10,23H2. The van der Waals surface area contributed by atoms with Crippen molar-refractivity contribution in [3.8, 4) is 0 Å². The summed E-state index contributed by atoms with van der Waals surface area (Å²) in [6.07, 6.45) is -4.66. The first-order chi connectivity index (χ1) is 12.7. The van der Waals surface area contributed by atoms with Crippen molar-refractivity contribution in [2.24, 2.45) is 0 Å². The van der Waals surface area contributed by atoms with Crippen molar-refractivity contribution in [3.63, 3.8) is 0 Å². The predicted molar refractivity (Wildman–Crippen MR) is 95.9 cm³/mol. The van der Waals surface area contributed by atoms with Gasteiger partial charge in [-0.2, -0.15) is 13.2 Å². The first kappa shape index (κ1) is 18.4. The molecule has 5 nitrogen and oxygen atoms in total. The lowest BCUT2D eigenvalue weighted by Crippen LogP contribution is -2.11. The molecule has 0 unspecified atom stereocenters. The number of halogens is 3. The minimum atomic E-state index is -4.66. The Morgan fingerprint density at radius 3 is 2.52 bits per heavy atom. The number of hydrogen-bond acceptors (Lipinski definition) is 5. The Bertz CT molecular complexity index is 1040. The van der Waals surface area contributed by atoms with Crippen molar-refractivity contribution in [3.05, 3.63) is 82.5 Å². The van der Waals surface area contributed by atoms with Crippen molar-refractivity contribution in [2.75, 3.05) is 11.1 Å². The van der Waals surface area contributed by atoms with E-state index in [0.29, 0.717) is 17.4 Å². The lowest BCUT2D eigenvalue weighted by atomic mass is 10.1. The zero-order valence-corrected chi connectivity index (χ0v) is 14.0. The largest absolute Gasteiger partial charge is 0.475 e. The molecule has 0 aliphatic heterocycles. The van der Waals surface area contributed by atoms with Crippen LogP contribution in [-0.2, 0) is 17.5 Å². The van der Waals surface area contributed by atoms with Gasteiger partial charge in [-0.1, -0.05) is 12.1 Å². The quantitative estimate of drug-likeness (QED) is 0.390. The van der Waals surface area contributed by atoms with Crippen LogP contribution < -0.4 is 16.7 Å². The van der Waals surface area contributed by atoms with Gasteiger partial charge in [0.25, 0.3) is 0 Å². The van der Waals surface area contributed by atoms with Crippen LogP contribution in [-0.4, -0.2) is 0 Å². The second kappa shape index (κ2) is 7.06. The summed E-state index contributed by atoms with van der Waals surface area (Å²) in [5.41, 5.74) is 5.16. The third-order valence-corrected chi connectivity index (χ3v) is 3.73. The number of nitrogens with two attached hydrogens (primary N) is 1. The maximum Gasteiger partial charge on any atom is 0.417 e. The van der Waals surface area contributed by atoms with Gasteiger partial charge in [-0.05, 0) is 36.4 Å². The molecule has 3 N–H and O–H groups in total. The van der Waals surface area contributed by atoms with E-state index in [4.69, 9.17) is 14.9 Å². The summed E-state index contributed by atoms with van der Waals surface area (Å²) in [5.74, 6) is 0.181. The van der Waals surface area contributed by atoms with Crippen molar-refractivity contribution in [2.45, 2.75) is 12.8 Å². The van der Waals surface area contributed by atoms with Crippen LogP contribution in [0.1, 0.15) is 11.1 Å². The van der Waals surface area contributed by atoms with Gasteiger partial charge in [0.15, 0.2) is 5.88 Å². The third-order valence-electron chi connectivity index (χ3n) is 3.73. The Morgan fingerprint density at radius 1 is 1.15 bits per heavy atom. The zero-order chi connectivity index (χ0) is 19.6. The summed E-state index contributed by atoms with van der Waals surface area (Å²) in [6.45, 7) is 3.94. The highest BCUT2D eigenvalue weighted by atomic mass is 19.4. The Balaban J connectivity index is 1.76. The van der Waals surface area contributed by atoms with E-state index >= 15 is 0 Å². The molecule has 27 heavy (non-hydrogen) atoms. The number of nitrogen functional groups attached to an aromatic ring is 1. The average molecular weight is 376 g/mol. The fraction of sp³-hybridized carbons (Fsp3) is 0.105. The summed E-state index contributed by atoms with van der Waals surface area (Å²) >= 11 is 0. The van der Waals surface area contributed by atoms with E-state index in [2.05, 4.69) is 11.9 Å². The van der Waals surface area contributed by atoms with Crippen molar-refractivity contribution < 1.29 is 22.3 Å². The minimum Gasteiger partial charge on any atom is -0.475 e. The molecule has 1 aromatic heterocycles. The first-order valence-corrected chi connectivity index (χ1v) is 7.80. The van der Waals surface area contributed by atoms with Crippen LogP contribution >= 0.6 is 0 Å². The van der Waals surface area contributed by atoms with Crippen LogP contribution in [0.3, 0.4) is 0 Å². The number of alkyl halides is 3. The van der Waals surface area contributed by atoms with Crippen molar-refractivity contribution in [1.82, 2.24) is 0 Å². The molecule has 3 rings (SSSR count). The Labute approximate surface area is 151 Å². The summed E-state index contributed by atoms with van der Waals surface area (Å²) in [5, 5.41) is 2.60. The van der Waals surface area contributed by atoms with Gasteiger partial charge >= 0.3 is 11.8 Å². The first-order valence-electron chi connectivity index (χ1n) is 7.80. The van der Waals surface area contributed by atoms with E-state index in [0.717, 1.165) is 5.56 Å². The molecule has 1 heterocycles. The van der Waals surface area contributed by atoms with Crippen LogP contribution in [0, 0.1) is 0 Å². The highest BCUT2D eigenvalue weighted by molar-refractivity contribution is 5.84. The second-order valence-corrected chi connectivity index (χ2v) is 5.77. The molecular weight excluding hydrogens is 361 g/mol. The number of hydrogen-bond donors (Lipinski definition) is 2. The van der Waals surface area contributed by atoms with Gasteiger partial charge < -0.3 is 20.2 Å². The molecule has 2 aromatic carbocycles. The average Bonchev–Trinajstić information content (AvgIpc) is 2.59. The van der Waals surface area contributed by atoms with E-state index in [9.17, 15) is 18.0 Å². The van der Waals surface area contributed by atoms with Crippen molar-refractivity contribution in [1.29, 1.82) is 0 Å². The molecule has 0 aliphatic carbocycles. The van der Waals surface area contributed by atoms with E-state index in [1.807, 2.05) is 0 Å². The molecule has 0 radical (unpaired) electrons. The van der Waals surface area contributed by atoms with Gasteiger partial charge in [-0.25, -0.2) is 4.79 Å². The molecule has 0 bridgehead atoms. The van der Waals surface area contributed by atoms with Crippen molar-refractivity contribution >= 4 is 22.3 Å². The highest BCUT2D eigenvalue weighted by Crippen LogP contribution is 2.34. The molecule has 8 heteroatoms. The smallest absolute Gasteiger partial charge is 0.417 e. The zero-order valence-electron chi connectivity index (χ0n) is 14.0. The third kappa shape index (κ3) is 4.41. The van der Waals surface area contributed by atoms with Crippen LogP contribution in [0.5, 0.6) is 0 Å². The lowest BCUT2D eigenvalue weighted by molar-refractivity contribution is -0.136. The highest BCUT2D eigenvalue weighted by Gasteiger charge is 2.33. The number of nitrogens with one attached hydrogen (secondary N) is 1. The van der Waals surface area contributed by atoms with Gasteiger partial charge in [0, 0.05) is 28.9 Å². The molecule has 0 saturated carbocycles. The lowest BCUT2D eigenvalue weighted by Gasteiger charge is -2.13. The maximum atomic E-state index is 13.1. The van der Waals surface area contributed by atoms with Gasteiger partial charge in [0.2, 0.25) is 0 Å². The Hall–Kier alpha value is -3.42. The van der Waals surface area contributed by atoms with E-state index in [1.54, 1.807) is 24.3 Å². The molecule has 0 saturated heterocycles. The molecule has 0 atom stereocenters. The summed E-state index contributed by atoms with van der Waals surface area (Å²) < 4.78 is 49.5. The van der Waals surface area contributed by atoms with Gasteiger partial charge in [0.05, 0.1) is 5.56 Å². The Kier molecular flexibility index (Phi) is 4.81. The molecule has 0 aliphatic rings. The summed E-state index contributed by atoms with van der Waals surface area (Å²) in [4.78, 5) is 11.4. The summed E-state index contributed by atoms with van der Waals surface area (Å²) in [6, 6.07) is 11.4. The van der Waals surface area contributed by atoms with Crippen LogP contribution in [0.15, 0.2) is 70.2 Å². The SMILES string of the molecule is C=C(Nc1ccc2c(C(F)(F)F)cc(=O)oc2c1)OCc1ccc(N)cc1. The number of anilines is 2. The molecule has 0 spiro atoms.